The number of hydrogen-bond donors (Lipinski definition) is 0. The van der Waals surface area contributed by atoms with E-state index >= 15 is 0 Å². The summed E-state index contributed by atoms with van der Waals surface area (Å²) in [6, 6.07) is 0. The van der Waals surface area contributed by atoms with Gasteiger partial charge in [-0.1, -0.05) is 11.6 Å². The van der Waals surface area contributed by atoms with Crippen molar-refractivity contribution < 1.29 is 4.39 Å². The van der Waals surface area contributed by atoms with Gasteiger partial charge in [0.1, 0.15) is 5.02 Å². The molecule has 13 heavy (non-hydrogen) atoms. The van der Waals surface area contributed by atoms with Gasteiger partial charge >= 0.3 is 0 Å². The van der Waals surface area contributed by atoms with Gasteiger partial charge in [-0.05, 0) is 20.8 Å². The Bertz CT molecular complexity index is 381. The summed E-state index contributed by atoms with van der Waals surface area (Å²) in [5.41, 5.74) is -1.09. The van der Waals surface area contributed by atoms with Crippen molar-refractivity contribution in [2.24, 2.45) is 0 Å². The van der Waals surface area contributed by atoms with E-state index in [9.17, 15) is 9.18 Å². The second-order valence-corrected chi connectivity index (χ2v) is 4.07. The van der Waals surface area contributed by atoms with Gasteiger partial charge in [0.15, 0.2) is 5.82 Å². The molecule has 3 nitrogen and oxygen atoms in total. The Morgan fingerprint density at radius 1 is 1.54 bits per heavy atom. The number of hydrogen-bond acceptors (Lipinski definition) is 2. The minimum atomic E-state index is -0.785. The van der Waals surface area contributed by atoms with Crippen LogP contribution in [0.1, 0.15) is 20.8 Å². The maximum atomic E-state index is 12.7. The van der Waals surface area contributed by atoms with E-state index in [1.165, 1.54) is 0 Å². The van der Waals surface area contributed by atoms with Crippen LogP contribution in [0.3, 0.4) is 0 Å². The van der Waals surface area contributed by atoms with Crippen LogP contribution in [0.2, 0.25) is 5.02 Å². The van der Waals surface area contributed by atoms with Gasteiger partial charge in [0.2, 0.25) is 0 Å². The van der Waals surface area contributed by atoms with Crippen LogP contribution in [0.4, 0.5) is 4.39 Å². The van der Waals surface area contributed by atoms with Crippen LogP contribution in [-0.2, 0) is 5.54 Å². The molecule has 0 spiro atoms. The molecule has 0 bridgehead atoms. The fourth-order valence-electron chi connectivity index (χ4n) is 0.891. The second kappa shape index (κ2) is 3.10. The zero-order valence-electron chi connectivity index (χ0n) is 7.64. The molecular formula is C8H10ClFN2O. The van der Waals surface area contributed by atoms with Crippen LogP contribution in [0.5, 0.6) is 0 Å². The SMILES string of the molecule is CC(C)(C)n1ncc(F)c(Cl)c1=O. The molecule has 0 fully saturated rings. The van der Waals surface area contributed by atoms with Gasteiger partial charge in [-0.25, -0.2) is 9.07 Å². The average Bonchev–Trinajstić information content (AvgIpc) is 1.98. The van der Waals surface area contributed by atoms with Crippen LogP contribution < -0.4 is 5.56 Å². The predicted molar refractivity (Wildman–Crippen MR) is 48.5 cm³/mol. The quantitative estimate of drug-likeness (QED) is 0.646. The highest BCUT2D eigenvalue weighted by Gasteiger charge is 2.18. The Balaban J connectivity index is 3.44. The molecule has 0 saturated carbocycles. The summed E-state index contributed by atoms with van der Waals surface area (Å²) in [5.74, 6) is -0.785. The van der Waals surface area contributed by atoms with Gasteiger partial charge in [-0.2, -0.15) is 5.10 Å². The van der Waals surface area contributed by atoms with Gasteiger partial charge in [0, 0.05) is 0 Å². The lowest BCUT2D eigenvalue weighted by molar-refractivity contribution is 0.333. The number of rotatable bonds is 0. The Kier molecular flexibility index (Phi) is 2.43. The minimum absolute atomic E-state index is 0.412. The van der Waals surface area contributed by atoms with Crippen LogP contribution in [0, 0.1) is 5.82 Å². The van der Waals surface area contributed by atoms with E-state index in [0.29, 0.717) is 0 Å². The van der Waals surface area contributed by atoms with E-state index < -0.39 is 21.9 Å². The van der Waals surface area contributed by atoms with Crippen LogP contribution in [0.15, 0.2) is 11.0 Å². The highest BCUT2D eigenvalue weighted by atomic mass is 35.5. The highest BCUT2D eigenvalue weighted by Crippen LogP contribution is 2.12. The van der Waals surface area contributed by atoms with Crippen molar-refractivity contribution in [3.63, 3.8) is 0 Å². The van der Waals surface area contributed by atoms with Crippen molar-refractivity contribution in [1.82, 2.24) is 9.78 Å². The molecule has 0 saturated heterocycles. The maximum Gasteiger partial charge on any atom is 0.289 e. The fraction of sp³-hybridized carbons (Fsp3) is 0.500. The Morgan fingerprint density at radius 3 is 2.54 bits per heavy atom. The monoisotopic (exact) mass is 204 g/mol. The Labute approximate surface area is 80.1 Å². The molecule has 1 aromatic rings. The van der Waals surface area contributed by atoms with E-state index in [0.717, 1.165) is 10.9 Å². The summed E-state index contributed by atoms with van der Waals surface area (Å²) >= 11 is 5.44. The van der Waals surface area contributed by atoms with Crippen molar-refractivity contribution >= 4 is 11.6 Å². The first-order valence-electron chi connectivity index (χ1n) is 3.78. The predicted octanol–water partition coefficient (Wildman–Crippen LogP) is 1.79. The molecule has 0 aliphatic rings. The smallest absolute Gasteiger partial charge is 0.266 e. The molecule has 0 unspecified atom stereocenters. The normalized spacial score (nSPS) is 11.8. The molecule has 1 heterocycles. The molecule has 0 N–H and O–H groups in total. The first kappa shape index (κ1) is 10.2. The Hall–Kier alpha value is -0.900. The highest BCUT2D eigenvalue weighted by molar-refractivity contribution is 6.30. The van der Waals surface area contributed by atoms with E-state index in [1.54, 1.807) is 20.8 Å². The molecule has 5 heteroatoms. The van der Waals surface area contributed by atoms with Crippen molar-refractivity contribution in [3.05, 3.63) is 27.4 Å². The summed E-state index contributed by atoms with van der Waals surface area (Å²) in [5, 5.41) is 3.24. The molecule has 0 atom stereocenters. The molecular weight excluding hydrogens is 195 g/mol. The third-order valence-corrected chi connectivity index (χ3v) is 1.85. The summed E-state index contributed by atoms with van der Waals surface area (Å²) in [4.78, 5) is 11.4. The molecule has 1 rings (SSSR count). The molecule has 0 radical (unpaired) electrons. The van der Waals surface area contributed by atoms with Gasteiger partial charge < -0.3 is 0 Å². The lowest BCUT2D eigenvalue weighted by Gasteiger charge is -2.20. The summed E-state index contributed by atoms with van der Waals surface area (Å²) in [7, 11) is 0. The lowest BCUT2D eigenvalue weighted by Crippen LogP contribution is -2.36. The first-order valence-corrected chi connectivity index (χ1v) is 4.15. The molecule has 0 aromatic carbocycles. The van der Waals surface area contributed by atoms with E-state index in [2.05, 4.69) is 5.10 Å². The number of aromatic nitrogens is 2. The van der Waals surface area contributed by atoms with Crippen LogP contribution in [-0.4, -0.2) is 9.78 Å². The molecule has 0 amide bonds. The number of halogens is 2. The first-order chi connectivity index (χ1) is 5.84. The second-order valence-electron chi connectivity index (χ2n) is 3.69. The zero-order valence-corrected chi connectivity index (χ0v) is 8.39. The molecule has 72 valence electrons. The third-order valence-electron chi connectivity index (χ3n) is 1.51. The van der Waals surface area contributed by atoms with Crippen molar-refractivity contribution in [3.8, 4) is 0 Å². The van der Waals surface area contributed by atoms with Gasteiger partial charge in [0.05, 0.1) is 11.7 Å². The van der Waals surface area contributed by atoms with E-state index in [1.807, 2.05) is 0 Å². The van der Waals surface area contributed by atoms with Crippen LogP contribution >= 0.6 is 11.6 Å². The zero-order chi connectivity index (χ0) is 10.2. The standard InChI is InChI=1S/C8H10ClFN2O/c1-8(2,3)12-7(13)6(9)5(10)4-11-12/h4H,1-3H3. The lowest BCUT2D eigenvalue weighted by atomic mass is 10.1. The topological polar surface area (TPSA) is 34.9 Å². The van der Waals surface area contributed by atoms with Crippen molar-refractivity contribution in [1.29, 1.82) is 0 Å². The minimum Gasteiger partial charge on any atom is -0.266 e. The number of nitrogens with zero attached hydrogens (tertiary/aromatic N) is 2. The van der Waals surface area contributed by atoms with E-state index in [4.69, 9.17) is 11.6 Å². The molecule has 0 aliphatic heterocycles. The summed E-state index contributed by atoms with van der Waals surface area (Å²) in [6.45, 7) is 5.36. The molecule has 0 aliphatic carbocycles. The van der Waals surface area contributed by atoms with E-state index in [-0.39, 0.29) is 0 Å². The van der Waals surface area contributed by atoms with Crippen molar-refractivity contribution in [2.45, 2.75) is 26.3 Å². The maximum absolute atomic E-state index is 12.7. The Morgan fingerprint density at radius 2 is 2.08 bits per heavy atom. The largest absolute Gasteiger partial charge is 0.289 e. The fourth-order valence-corrected chi connectivity index (χ4v) is 1.02. The van der Waals surface area contributed by atoms with Gasteiger partial charge in [-0.15, -0.1) is 0 Å². The molecule has 1 aromatic heterocycles. The summed E-state index contributed by atoms with van der Waals surface area (Å²) in [6.07, 6.45) is 0.939. The van der Waals surface area contributed by atoms with Gasteiger partial charge in [0.25, 0.3) is 5.56 Å². The third kappa shape index (κ3) is 1.88. The van der Waals surface area contributed by atoms with Crippen LogP contribution in [0.25, 0.3) is 0 Å². The van der Waals surface area contributed by atoms with Crippen molar-refractivity contribution in [2.75, 3.05) is 0 Å². The average molecular weight is 205 g/mol. The van der Waals surface area contributed by atoms with Gasteiger partial charge in [-0.3, -0.25) is 4.79 Å². The summed E-state index contributed by atoms with van der Waals surface area (Å²) < 4.78 is 13.9.